The summed E-state index contributed by atoms with van der Waals surface area (Å²) in [5.74, 6) is 0.583. The van der Waals surface area contributed by atoms with E-state index in [9.17, 15) is 4.79 Å². The van der Waals surface area contributed by atoms with E-state index in [1.807, 2.05) is 19.1 Å². The van der Waals surface area contributed by atoms with Crippen LogP contribution in [0.4, 0.5) is 4.79 Å². The van der Waals surface area contributed by atoms with Crippen molar-refractivity contribution in [3.63, 3.8) is 0 Å². The van der Waals surface area contributed by atoms with Crippen LogP contribution in [0.3, 0.4) is 0 Å². The van der Waals surface area contributed by atoms with E-state index in [0.717, 1.165) is 31.5 Å². The van der Waals surface area contributed by atoms with Crippen molar-refractivity contribution in [2.75, 3.05) is 26.7 Å². The SMILES string of the molecule is CCOc1ncccc1CNC(=O)NC1CCN(C)CC1. The third-order valence-electron chi connectivity index (χ3n) is 3.62. The molecule has 1 aromatic rings. The van der Waals surface area contributed by atoms with Crippen LogP contribution in [-0.2, 0) is 6.54 Å². The molecule has 116 valence electrons. The van der Waals surface area contributed by atoms with Gasteiger partial charge in [0.2, 0.25) is 5.88 Å². The van der Waals surface area contributed by atoms with Gasteiger partial charge in [-0.3, -0.25) is 0 Å². The number of ether oxygens (including phenoxy) is 1. The van der Waals surface area contributed by atoms with Gasteiger partial charge in [-0.15, -0.1) is 0 Å². The van der Waals surface area contributed by atoms with Crippen LogP contribution in [0.25, 0.3) is 0 Å². The van der Waals surface area contributed by atoms with Crippen LogP contribution in [0.1, 0.15) is 25.3 Å². The summed E-state index contributed by atoms with van der Waals surface area (Å²) in [5, 5.41) is 5.90. The Labute approximate surface area is 125 Å². The molecule has 2 heterocycles. The van der Waals surface area contributed by atoms with Gasteiger partial charge in [-0.05, 0) is 46.0 Å². The Kier molecular flexibility index (Phi) is 5.80. The summed E-state index contributed by atoms with van der Waals surface area (Å²) >= 11 is 0. The van der Waals surface area contributed by atoms with Crippen molar-refractivity contribution >= 4 is 6.03 Å². The third-order valence-corrected chi connectivity index (χ3v) is 3.62. The molecule has 1 aliphatic heterocycles. The Morgan fingerprint density at radius 1 is 1.48 bits per heavy atom. The van der Waals surface area contributed by atoms with E-state index < -0.39 is 0 Å². The highest BCUT2D eigenvalue weighted by atomic mass is 16.5. The summed E-state index contributed by atoms with van der Waals surface area (Å²) < 4.78 is 5.44. The highest BCUT2D eigenvalue weighted by molar-refractivity contribution is 5.74. The molecule has 2 N–H and O–H groups in total. The minimum atomic E-state index is -0.129. The van der Waals surface area contributed by atoms with Crippen molar-refractivity contribution in [3.05, 3.63) is 23.9 Å². The monoisotopic (exact) mass is 292 g/mol. The molecule has 0 aromatic carbocycles. The number of aromatic nitrogens is 1. The van der Waals surface area contributed by atoms with Gasteiger partial charge in [0.25, 0.3) is 0 Å². The fourth-order valence-corrected chi connectivity index (χ4v) is 2.39. The van der Waals surface area contributed by atoms with E-state index in [0.29, 0.717) is 19.0 Å². The molecule has 6 nitrogen and oxygen atoms in total. The topological polar surface area (TPSA) is 66.5 Å². The first kappa shape index (κ1) is 15.6. The lowest BCUT2D eigenvalue weighted by Crippen LogP contribution is -2.46. The summed E-state index contributed by atoms with van der Waals surface area (Å²) in [4.78, 5) is 18.4. The molecular formula is C15H24N4O2. The standard InChI is InChI=1S/C15H24N4O2/c1-3-21-14-12(5-4-8-16-14)11-17-15(20)18-13-6-9-19(2)10-7-13/h4-5,8,13H,3,6-7,9-11H2,1-2H3,(H2,17,18,20). The van der Waals surface area contributed by atoms with Crippen LogP contribution < -0.4 is 15.4 Å². The van der Waals surface area contributed by atoms with E-state index in [2.05, 4.69) is 27.6 Å². The zero-order valence-electron chi connectivity index (χ0n) is 12.8. The van der Waals surface area contributed by atoms with Gasteiger partial charge in [0, 0.05) is 24.3 Å². The number of hydrogen-bond acceptors (Lipinski definition) is 4. The summed E-state index contributed by atoms with van der Waals surface area (Å²) in [5.41, 5.74) is 0.887. The molecule has 0 unspecified atom stereocenters. The molecule has 2 amide bonds. The predicted molar refractivity (Wildman–Crippen MR) is 81.3 cm³/mol. The maximum absolute atomic E-state index is 11.9. The van der Waals surface area contributed by atoms with Crippen molar-refractivity contribution in [3.8, 4) is 5.88 Å². The number of pyridine rings is 1. The molecule has 0 radical (unpaired) electrons. The molecule has 0 aliphatic carbocycles. The number of amides is 2. The second-order valence-corrected chi connectivity index (χ2v) is 5.31. The van der Waals surface area contributed by atoms with Crippen molar-refractivity contribution < 1.29 is 9.53 Å². The lowest BCUT2D eigenvalue weighted by molar-refractivity contribution is 0.213. The lowest BCUT2D eigenvalue weighted by Gasteiger charge is -2.29. The number of nitrogens with zero attached hydrogens (tertiary/aromatic N) is 2. The zero-order chi connectivity index (χ0) is 15.1. The van der Waals surface area contributed by atoms with Gasteiger partial charge in [-0.25, -0.2) is 9.78 Å². The quantitative estimate of drug-likeness (QED) is 0.860. The second-order valence-electron chi connectivity index (χ2n) is 5.31. The number of carbonyl (C=O) groups excluding carboxylic acids is 1. The van der Waals surface area contributed by atoms with Crippen LogP contribution in [0.15, 0.2) is 18.3 Å². The molecule has 2 rings (SSSR count). The Hall–Kier alpha value is -1.82. The van der Waals surface area contributed by atoms with Crippen LogP contribution in [0, 0.1) is 0 Å². The summed E-state index contributed by atoms with van der Waals surface area (Å²) in [6.45, 7) is 4.95. The van der Waals surface area contributed by atoms with Gasteiger partial charge in [0.15, 0.2) is 0 Å². The van der Waals surface area contributed by atoms with E-state index in [1.54, 1.807) is 6.20 Å². The summed E-state index contributed by atoms with van der Waals surface area (Å²) in [6, 6.07) is 3.89. The molecule has 21 heavy (non-hydrogen) atoms. The smallest absolute Gasteiger partial charge is 0.315 e. The van der Waals surface area contributed by atoms with Gasteiger partial charge in [0.1, 0.15) is 0 Å². The third kappa shape index (κ3) is 4.90. The van der Waals surface area contributed by atoms with Crippen molar-refractivity contribution in [1.29, 1.82) is 0 Å². The number of urea groups is 1. The molecule has 1 aromatic heterocycles. The van der Waals surface area contributed by atoms with Crippen LogP contribution in [-0.4, -0.2) is 48.7 Å². The predicted octanol–water partition coefficient (Wildman–Crippen LogP) is 1.37. The Bertz CT molecular complexity index is 459. The maximum Gasteiger partial charge on any atom is 0.315 e. The molecular weight excluding hydrogens is 268 g/mol. The number of nitrogens with one attached hydrogen (secondary N) is 2. The van der Waals surface area contributed by atoms with Gasteiger partial charge >= 0.3 is 6.03 Å². The van der Waals surface area contributed by atoms with Crippen molar-refractivity contribution in [2.24, 2.45) is 0 Å². The molecule has 0 spiro atoms. The number of carbonyl (C=O) groups is 1. The van der Waals surface area contributed by atoms with Gasteiger partial charge in [-0.2, -0.15) is 0 Å². The lowest BCUT2D eigenvalue weighted by atomic mass is 10.1. The summed E-state index contributed by atoms with van der Waals surface area (Å²) in [7, 11) is 2.11. The molecule has 1 fully saturated rings. The Morgan fingerprint density at radius 3 is 2.95 bits per heavy atom. The number of rotatable bonds is 5. The van der Waals surface area contributed by atoms with E-state index in [1.165, 1.54) is 0 Å². The minimum Gasteiger partial charge on any atom is -0.478 e. The van der Waals surface area contributed by atoms with Crippen LogP contribution >= 0.6 is 0 Å². The summed E-state index contributed by atoms with van der Waals surface area (Å²) in [6.07, 6.45) is 3.69. The Morgan fingerprint density at radius 2 is 2.24 bits per heavy atom. The molecule has 0 saturated carbocycles. The first-order valence-electron chi connectivity index (χ1n) is 7.48. The number of hydrogen-bond donors (Lipinski definition) is 2. The number of piperidine rings is 1. The van der Waals surface area contributed by atoms with Gasteiger partial charge < -0.3 is 20.3 Å². The first-order chi connectivity index (χ1) is 10.2. The normalized spacial score (nSPS) is 16.5. The maximum atomic E-state index is 11.9. The average Bonchev–Trinajstić information content (AvgIpc) is 2.49. The fourth-order valence-electron chi connectivity index (χ4n) is 2.39. The first-order valence-corrected chi connectivity index (χ1v) is 7.48. The molecule has 1 saturated heterocycles. The molecule has 0 bridgehead atoms. The second kappa shape index (κ2) is 7.83. The zero-order valence-corrected chi connectivity index (χ0v) is 12.8. The highest BCUT2D eigenvalue weighted by Gasteiger charge is 2.18. The fraction of sp³-hybridized carbons (Fsp3) is 0.600. The largest absolute Gasteiger partial charge is 0.478 e. The molecule has 6 heteroatoms. The van der Waals surface area contributed by atoms with E-state index in [-0.39, 0.29) is 12.1 Å². The van der Waals surface area contributed by atoms with E-state index >= 15 is 0 Å². The van der Waals surface area contributed by atoms with Crippen LogP contribution in [0.5, 0.6) is 5.88 Å². The van der Waals surface area contributed by atoms with Crippen molar-refractivity contribution in [2.45, 2.75) is 32.4 Å². The van der Waals surface area contributed by atoms with Gasteiger partial charge in [-0.1, -0.05) is 6.07 Å². The highest BCUT2D eigenvalue weighted by Crippen LogP contribution is 2.13. The van der Waals surface area contributed by atoms with E-state index in [4.69, 9.17) is 4.74 Å². The van der Waals surface area contributed by atoms with Crippen molar-refractivity contribution in [1.82, 2.24) is 20.5 Å². The Balaban J connectivity index is 1.78. The van der Waals surface area contributed by atoms with Gasteiger partial charge in [0.05, 0.1) is 6.61 Å². The average molecular weight is 292 g/mol. The molecule has 0 atom stereocenters. The number of likely N-dealkylation sites (tertiary alicyclic amines) is 1. The molecule has 1 aliphatic rings. The van der Waals surface area contributed by atoms with Crippen LogP contribution in [0.2, 0.25) is 0 Å². The minimum absolute atomic E-state index is 0.129.